The fourth-order valence-electron chi connectivity index (χ4n) is 6.23. The van der Waals surface area contributed by atoms with Crippen LogP contribution in [-0.4, -0.2) is 4.57 Å². The lowest BCUT2D eigenvalue weighted by molar-refractivity contribution is 0.669. The maximum absolute atomic E-state index is 6.52. The lowest BCUT2D eigenvalue weighted by Crippen LogP contribution is -1.94. The fourth-order valence-corrected chi connectivity index (χ4v) is 6.23. The zero-order valence-electron chi connectivity index (χ0n) is 20.9. The Labute approximate surface area is 223 Å². The molecule has 0 bridgehead atoms. The second kappa shape index (κ2) is 7.62. The molecule has 9 rings (SSSR count). The highest BCUT2D eigenvalue weighted by atomic mass is 16.3. The van der Waals surface area contributed by atoms with E-state index in [-0.39, 0.29) is 0 Å². The van der Waals surface area contributed by atoms with Crippen LogP contribution < -0.4 is 0 Å². The Hall–Kier alpha value is -5.28. The number of furan rings is 2. The van der Waals surface area contributed by atoms with Gasteiger partial charge in [0, 0.05) is 38.0 Å². The summed E-state index contributed by atoms with van der Waals surface area (Å²) in [5.41, 5.74) is 9.24. The quantitative estimate of drug-likeness (QED) is 0.237. The van der Waals surface area contributed by atoms with Gasteiger partial charge in [-0.05, 0) is 59.7 Å². The number of aromatic nitrogens is 1. The van der Waals surface area contributed by atoms with Crippen molar-refractivity contribution in [1.82, 2.24) is 4.57 Å². The van der Waals surface area contributed by atoms with Crippen LogP contribution in [-0.2, 0) is 0 Å². The van der Waals surface area contributed by atoms with Crippen LogP contribution in [0.5, 0.6) is 0 Å². The Bertz CT molecular complexity index is 2400. The number of nitrogens with zero attached hydrogens (tertiary/aromatic N) is 1. The van der Waals surface area contributed by atoms with Gasteiger partial charge in [-0.3, -0.25) is 0 Å². The molecule has 0 saturated carbocycles. The molecule has 3 nitrogen and oxygen atoms in total. The molecule has 0 spiro atoms. The number of fused-ring (bicyclic) bond motifs is 10. The molecular weight excluding hydrogens is 478 g/mol. The van der Waals surface area contributed by atoms with E-state index < -0.39 is 0 Å². The average molecular weight is 500 g/mol. The van der Waals surface area contributed by atoms with Gasteiger partial charge in [0.05, 0.1) is 11.0 Å². The Morgan fingerprint density at radius 1 is 0.410 bits per heavy atom. The Morgan fingerprint density at radius 2 is 1.05 bits per heavy atom. The van der Waals surface area contributed by atoms with Crippen LogP contribution in [0.3, 0.4) is 0 Å². The van der Waals surface area contributed by atoms with E-state index in [0.717, 1.165) is 71.7 Å². The van der Waals surface area contributed by atoms with Crippen molar-refractivity contribution in [1.29, 1.82) is 0 Å². The van der Waals surface area contributed by atoms with Crippen molar-refractivity contribution in [2.75, 3.05) is 0 Å². The molecule has 0 N–H and O–H groups in total. The Morgan fingerprint density at radius 3 is 1.92 bits per heavy atom. The first-order valence-electron chi connectivity index (χ1n) is 13.2. The number of hydrogen-bond acceptors (Lipinski definition) is 2. The molecule has 0 aliphatic rings. The lowest BCUT2D eigenvalue weighted by atomic mass is 10.0. The first-order valence-corrected chi connectivity index (χ1v) is 13.2. The van der Waals surface area contributed by atoms with E-state index in [4.69, 9.17) is 8.83 Å². The third-order valence-electron chi connectivity index (χ3n) is 8.00. The third-order valence-corrected chi connectivity index (χ3v) is 8.00. The fraction of sp³-hybridized carbons (Fsp3) is 0. The van der Waals surface area contributed by atoms with Gasteiger partial charge in [-0.15, -0.1) is 0 Å². The molecule has 39 heavy (non-hydrogen) atoms. The zero-order chi connectivity index (χ0) is 25.5. The number of para-hydroxylation sites is 3. The van der Waals surface area contributed by atoms with E-state index in [9.17, 15) is 0 Å². The molecule has 3 heteroatoms. The van der Waals surface area contributed by atoms with E-state index >= 15 is 0 Å². The summed E-state index contributed by atoms with van der Waals surface area (Å²) in [5.74, 6) is 0. The summed E-state index contributed by atoms with van der Waals surface area (Å²) in [6.45, 7) is 0. The summed E-state index contributed by atoms with van der Waals surface area (Å²) in [6.07, 6.45) is 0. The minimum atomic E-state index is 0.903. The van der Waals surface area contributed by atoms with Crippen LogP contribution in [0.15, 0.2) is 136 Å². The molecule has 182 valence electrons. The van der Waals surface area contributed by atoms with E-state index in [1.165, 1.54) is 10.8 Å². The predicted octanol–water partition coefficient (Wildman–Crippen LogP) is 10.2. The van der Waals surface area contributed by atoms with Crippen LogP contribution in [0.1, 0.15) is 0 Å². The van der Waals surface area contributed by atoms with Gasteiger partial charge >= 0.3 is 0 Å². The molecular formula is C36H21NO2. The van der Waals surface area contributed by atoms with E-state index in [1.54, 1.807) is 0 Å². The van der Waals surface area contributed by atoms with Gasteiger partial charge < -0.3 is 13.4 Å². The molecule has 6 aromatic carbocycles. The highest BCUT2D eigenvalue weighted by Gasteiger charge is 2.19. The maximum atomic E-state index is 6.52. The van der Waals surface area contributed by atoms with Crippen LogP contribution in [0.25, 0.3) is 82.5 Å². The van der Waals surface area contributed by atoms with Crippen LogP contribution in [0, 0.1) is 0 Å². The monoisotopic (exact) mass is 499 g/mol. The molecule has 0 unspecified atom stereocenters. The molecule has 0 fully saturated rings. The Kier molecular flexibility index (Phi) is 4.05. The molecule has 0 aliphatic carbocycles. The highest BCUT2D eigenvalue weighted by molar-refractivity contribution is 6.21. The van der Waals surface area contributed by atoms with Crippen LogP contribution >= 0.6 is 0 Å². The summed E-state index contributed by atoms with van der Waals surface area (Å²) >= 11 is 0. The van der Waals surface area contributed by atoms with Crippen molar-refractivity contribution >= 4 is 65.7 Å². The van der Waals surface area contributed by atoms with Gasteiger partial charge in [0.25, 0.3) is 0 Å². The summed E-state index contributed by atoms with van der Waals surface area (Å²) in [5, 5.41) is 6.95. The average Bonchev–Trinajstić information content (AvgIpc) is 3.66. The summed E-state index contributed by atoms with van der Waals surface area (Å²) in [6, 6.07) is 44.7. The van der Waals surface area contributed by atoms with Crippen molar-refractivity contribution in [2.24, 2.45) is 0 Å². The molecule has 0 atom stereocenters. The largest absolute Gasteiger partial charge is 0.456 e. The topological polar surface area (TPSA) is 31.2 Å². The molecule has 0 radical (unpaired) electrons. The number of hydrogen-bond donors (Lipinski definition) is 0. The highest BCUT2D eigenvalue weighted by Crippen LogP contribution is 2.41. The number of benzene rings is 6. The summed E-state index contributed by atoms with van der Waals surface area (Å²) in [7, 11) is 0. The van der Waals surface area contributed by atoms with Crippen LogP contribution in [0.4, 0.5) is 0 Å². The molecule has 0 aliphatic heterocycles. The van der Waals surface area contributed by atoms with Gasteiger partial charge in [0.1, 0.15) is 16.7 Å². The summed E-state index contributed by atoms with van der Waals surface area (Å²) < 4.78 is 15.1. The van der Waals surface area contributed by atoms with E-state index in [0.29, 0.717) is 0 Å². The van der Waals surface area contributed by atoms with Crippen molar-refractivity contribution in [3.05, 3.63) is 127 Å². The minimum Gasteiger partial charge on any atom is -0.456 e. The number of rotatable bonds is 2. The van der Waals surface area contributed by atoms with Crippen molar-refractivity contribution in [3.8, 4) is 16.8 Å². The SMILES string of the molecule is c1cc(-c2ccc3c(c2)oc2ccccc23)cc(-n2c3ccccc3c3ccc4c5ccccc5oc4c32)c1. The first-order chi connectivity index (χ1) is 19.3. The molecule has 3 aromatic heterocycles. The maximum Gasteiger partial charge on any atom is 0.160 e. The van der Waals surface area contributed by atoms with Crippen LogP contribution in [0.2, 0.25) is 0 Å². The minimum absolute atomic E-state index is 0.903. The van der Waals surface area contributed by atoms with Gasteiger partial charge in [-0.2, -0.15) is 0 Å². The first kappa shape index (κ1) is 20.7. The van der Waals surface area contributed by atoms with Crippen molar-refractivity contribution in [2.45, 2.75) is 0 Å². The molecule has 0 saturated heterocycles. The molecule has 3 heterocycles. The standard InChI is InChI=1S/C36H21NO2/c1-4-13-31-25(10-1)29-18-19-30-27-12-3-6-15-33(27)39-36(30)35(29)37(31)24-9-7-8-22(20-24)23-16-17-28-26-11-2-5-14-32(26)38-34(28)21-23/h1-21H. The van der Waals surface area contributed by atoms with Gasteiger partial charge in [0.15, 0.2) is 5.58 Å². The van der Waals surface area contributed by atoms with E-state index in [1.807, 2.05) is 24.3 Å². The van der Waals surface area contributed by atoms with E-state index in [2.05, 4.69) is 108 Å². The Balaban J connectivity index is 1.32. The second-order valence-electron chi connectivity index (χ2n) is 10.1. The predicted molar refractivity (Wildman–Crippen MR) is 161 cm³/mol. The van der Waals surface area contributed by atoms with Crippen molar-refractivity contribution < 1.29 is 8.83 Å². The normalized spacial score (nSPS) is 12.1. The smallest absolute Gasteiger partial charge is 0.160 e. The second-order valence-corrected chi connectivity index (χ2v) is 10.1. The lowest BCUT2D eigenvalue weighted by Gasteiger charge is -2.10. The van der Waals surface area contributed by atoms with Gasteiger partial charge in [0.2, 0.25) is 0 Å². The van der Waals surface area contributed by atoms with Gasteiger partial charge in [-0.25, -0.2) is 0 Å². The zero-order valence-corrected chi connectivity index (χ0v) is 20.9. The molecule has 9 aromatic rings. The third kappa shape index (κ3) is 2.87. The molecule has 0 amide bonds. The summed E-state index contributed by atoms with van der Waals surface area (Å²) in [4.78, 5) is 0. The van der Waals surface area contributed by atoms with Gasteiger partial charge in [-0.1, -0.05) is 78.9 Å². The van der Waals surface area contributed by atoms with Crippen molar-refractivity contribution in [3.63, 3.8) is 0 Å².